The summed E-state index contributed by atoms with van der Waals surface area (Å²) in [5.74, 6) is 1.40. The Morgan fingerprint density at radius 2 is 1.85 bits per heavy atom. The first kappa shape index (κ1) is 6.54. The van der Waals surface area contributed by atoms with Gasteiger partial charge in [-0.2, -0.15) is 0 Å². The van der Waals surface area contributed by atoms with Crippen molar-refractivity contribution in [3.63, 3.8) is 0 Å². The van der Waals surface area contributed by atoms with Crippen molar-refractivity contribution in [3.8, 4) is 11.5 Å². The van der Waals surface area contributed by atoms with Gasteiger partial charge in [-0.25, -0.2) is 4.98 Å². The van der Waals surface area contributed by atoms with E-state index >= 15 is 0 Å². The number of hydrogen-bond acceptors (Lipinski definition) is 3. The molecule has 0 radical (unpaired) electrons. The van der Waals surface area contributed by atoms with Crippen molar-refractivity contribution in [2.45, 2.75) is 0 Å². The second kappa shape index (κ2) is 2.26. The Kier molecular flexibility index (Phi) is 1.14. The van der Waals surface area contributed by atoms with Crippen molar-refractivity contribution >= 4 is 11.0 Å². The molecule has 1 aliphatic rings. The largest absolute Gasteiger partial charge is 0.458 e. The molecule has 64 valence electrons. The topological polar surface area (TPSA) is 47.1 Å². The Labute approximate surface area is 73.8 Å². The lowest BCUT2D eigenvalue weighted by Gasteiger charge is -2.11. The molecule has 0 fully saturated rings. The van der Waals surface area contributed by atoms with Gasteiger partial charge in [-0.1, -0.05) is 0 Å². The van der Waals surface area contributed by atoms with Gasteiger partial charge in [0.2, 0.25) is 0 Å². The number of hydrogen-bond donors (Lipinski definition) is 1. The molecule has 0 atom stereocenters. The molecule has 0 saturated heterocycles. The van der Waals surface area contributed by atoms with E-state index in [1.807, 2.05) is 12.1 Å². The number of nitrogens with zero attached hydrogens (tertiary/aromatic N) is 1. The van der Waals surface area contributed by atoms with Crippen molar-refractivity contribution in [2.75, 3.05) is 0 Å². The van der Waals surface area contributed by atoms with Crippen LogP contribution < -0.4 is 9.47 Å². The van der Waals surface area contributed by atoms with E-state index in [1.54, 1.807) is 6.33 Å². The maximum absolute atomic E-state index is 5.25. The summed E-state index contributed by atoms with van der Waals surface area (Å²) >= 11 is 0. The monoisotopic (exact) mass is 174 g/mol. The van der Waals surface area contributed by atoms with E-state index in [9.17, 15) is 0 Å². The first-order chi connectivity index (χ1) is 6.43. The lowest BCUT2D eigenvalue weighted by molar-refractivity contribution is 0.362. The van der Waals surface area contributed by atoms with E-state index in [0.29, 0.717) is 11.5 Å². The molecule has 4 heteroatoms. The van der Waals surface area contributed by atoms with Crippen LogP contribution in [-0.2, 0) is 0 Å². The third kappa shape index (κ3) is 0.885. The Morgan fingerprint density at radius 1 is 1.08 bits per heavy atom. The number of ether oxygens (including phenoxy) is 2. The Balaban J connectivity index is 2.31. The van der Waals surface area contributed by atoms with Gasteiger partial charge in [0.25, 0.3) is 0 Å². The smallest absolute Gasteiger partial charge is 0.171 e. The predicted molar refractivity (Wildman–Crippen MR) is 46.5 cm³/mol. The maximum atomic E-state index is 5.25. The van der Waals surface area contributed by atoms with Crippen molar-refractivity contribution in [2.24, 2.45) is 0 Å². The third-order valence-corrected chi connectivity index (χ3v) is 1.93. The van der Waals surface area contributed by atoms with Crippen molar-refractivity contribution in [1.29, 1.82) is 0 Å². The van der Waals surface area contributed by atoms with Crippen LogP contribution in [0.15, 0.2) is 31.0 Å². The molecular formula is C9H6N2O2. The lowest BCUT2D eigenvalue weighted by atomic mass is 10.2. The summed E-state index contributed by atoms with van der Waals surface area (Å²) in [6.07, 6.45) is 4.65. The van der Waals surface area contributed by atoms with Crippen molar-refractivity contribution in [1.82, 2.24) is 9.97 Å². The van der Waals surface area contributed by atoms with Crippen LogP contribution in [0.25, 0.3) is 11.0 Å². The van der Waals surface area contributed by atoms with Gasteiger partial charge in [-0.3, -0.25) is 0 Å². The molecule has 0 saturated carbocycles. The number of aromatic amines is 1. The molecule has 3 rings (SSSR count). The summed E-state index contributed by atoms with van der Waals surface area (Å²) in [6, 6.07) is 3.70. The number of benzene rings is 1. The highest BCUT2D eigenvalue weighted by Gasteiger charge is 2.10. The van der Waals surface area contributed by atoms with Gasteiger partial charge in [0, 0.05) is 12.1 Å². The van der Waals surface area contributed by atoms with Crippen LogP contribution in [0, 0.1) is 0 Å². The summed E-state index contributed by atoms with van der Waals surface area (Å²) in [6.45, 7) is 0. The quantitative estimate of drug-likeness (QED) is 0.662. The van der Waals surface area contributed by atoms with Gasteiger partial charge in [-0.15, -0.1) is 0 Å². The molecule has 4 nitrogen and oxygen atoms in total. The van der Waals surface area contributed by atoms with E-state index in [4.69, 9.17) is 9.47 Å². The number of H-pyrrole nitrogens is 1. The number of fused-ring (bicyclic) bond motifs is 2. The Bertz CT molecular complexity index is 445. The minimum Gasteiger partial charge on any atom is -0.458 e. The molecule has 0 bridgehead atoms. The molecule has 1 aromatic heterocycles. The van der Waals surface area contributed by atoms with Crippen LogP contribution in [-0.4, -0.2) is 9.97 Å². The first-order valence-electron chi connectivity index (χ1n) is 3.89. The highest BCUT2D eigenvalue weighted by atomic mass is 16.5. The van der Waals surface area contributed by atoms with Crippen LogP contribution in [0.3, 0.4) is 0 Å². The third-order valence-electron chi connectivity index (χ3n) is 1.93. The standard InChI is InChI=1S/C9H6N2O2/c1-2-13-9-4-7-6(10-5-11-7)3-8(9)12-1/h1-5H,(H,10,11). The Morgan fingerprint density at radius 3 is 2.69 bits per heavy atom. The van der Waals surface area contributed by atoms with Gasteiger partial charge >= 0.3 is 0 Å². The number of nitrogens with one attached hydrogen (secondary N) is 1. The maximum Gasteiger partial charge on any atom is 0.171 e. The van der Waals surface area contributed by atoms with Gasteiger partial charge in [0.15, 0.2) is 11.5 Å². The van der Waals surface area contributed by atoms with E-state index in [2.05, 4.69) is 9.97 Å². The summed E-state index contributed by atoms with van der Waals surface area (Å²) in [5.41, 5.74) is 1.82. The average molecular weight is 174 g/mol. The highest BCUT2D eigenvalue weighted by molar-refractivity contribution is 5.79. The van der Waals surface area contributed by atoms with E-state index in [1.165, 1.54) is 12.5 Å². The fourth-order valence-electron chi connectivity index (χ4n) is 1.33. The predicted octanol–water partition coefficient (Wildman–Crippen LogP) is 1.81. The average Bonchev–Trinajstić information content (AvgIpc) is 2.61. The van der Waals surface area contributed by atoms with Crippen LogP contribution in [0.2, 0.25) is 0 Å². The highest BCUT2D eigenvalue weighted by Crippen LogP contribution is 2.33. The van der Waals surface area contributed by atoms with Crippen molar-refractivity contribution < 1.29 is 9.47 Å². The normalized spacial score (nSPS) is 13.5. The minimum atomic E-state index is 0.696. The van der Waals surface area contributed by atoms with Gasteiger partial charge < -0.3 is 14.5 Å². The van der Waals surface area contributed by atoms with E-state index < -0.39 is 0 Å². The molecule has 0 spiro atoms. The number of rotatable bonds is 0. The zero-order chi connectivity index (χ0) is 8.67. The van der Waals surface area contributed by atoms with Crippen molar-refractivity contribution in [3.05, 3.63) is 31.0 Å². The second-order valence-electron chi connectivity index (χ2n) is 2.73. The molecule has 0 amide bonds. The van der Waals surface area contributed by atoms with Crippen LogP contribution in [0.1, 0.15) is 0 Å². The zero-order valence-electron chi connectivity index (χ0n) is 6.65. The fourth-order valence-corrected chi connectivity index (χ4v) is 1.33. The molecule has 2 aromatic rings. The Hall–Kier alpha value is -1.97. The van der Waals surface area contributed by atoms with E-state index in [-0.39, 0.29) is 0 Å². The molecule has 1 aromatic carbocycles. The molecule has 1 aliphatic heterocycles. The summed E-state index contributed by atoms with van der Waals surface area (Å²) < 4.78 is 10.5. The lowest BCUT2D eigenvalue weighted by Crippen LogP contribution is -1.95. The molecule has 13 heavy (non-hydrogen) atoms. The van der Waals surface area contributed by atoms with Gasteiger partial charge in [0.1, 0.15) is 12.5 Å². The van der Waals surface area contributed by atoms with Gasteiger partial charge in [0.05, 0.1) is 17.4 Å². The van der Waals surface area contributed by atoms with Crippen LogP contribution >= 0.6 is 0 Å². The molecule has 0 unspecified atom stereocenters. The van der Waals surface area contributed by atoms with Crippen LogP contribution in [0.5, 0.6) is 11.5 Å². The fraction of sp³-hybridized carbons (Fsp3) is 0. The summed E-state index contributed by atoms with van der Waals surface area (Å²) in [4.78, 5) is 7.11. The second-order valence-corrected chi connectivity index (χ2v) is 2.73. The number of imidazole rings is 1. The van der Waals surface area contributed by atoms with E-state index in [0.717, 1.165) is 11.0 Å². The molecular weight excluding hydrogens is 168 g/mol. The summed E-state index contributed by atoms with van der Waals surface area (Å²) in [7, 11) is 0. The number of aromatic nitrogens is 2. The first-order valence-corrected chi connectivity index (χ1v) is 3.89. The minimum absolute atomic E-state index is 0.696. The molecule has 0 aliphatic carbocycles. The van der Waals surface area contributed by atoms with Crippen LogP contribution in [0.4, 0.5) is 0 Å². The van der Waals surface area contributed by atoms with Gasteiger partial charge in [-0.05, 0) is 0 Å². The SMILES string of the molecule is C1=COc2cc3[nH]cnc3cc2O1. The summed E-state index contributed by atoms with van der Waals surface area (Å²) in [5, 5.41) is 0. The zero-order valence-corrected chi connectivity index (χ0v) is 6.65. The molecule has 2 heterocycles. The molecule has 1 N–H and O–H groups in total.